The van der Waals surface area contributed by atoms with Gasteiger partial charge in [-0.05, 0) is 41.5 Å². The number of allylic oxidation sites excluding steroid dienone is 1. The zero-order valence-corrected chi connectivity index (χ0v) is 17.3. The maximum atomic E-state index is 12.2. The lowest BCUT2D eigenvalue weighted by Gasteiger charge is -2.24. The second kappa shape index (κ2) is 7.55. The van der Waals surface area contributed by atoms with E-state index in [2.05, 4.69) is 15.4 Å². The Balaban J connectivity index is 1.60. The van der Waals surface area contributed by atoms with Crippen molar-refractivity contribution in [3.05, 3.63) is 70.8 Å². The normalized spacial score (nSPS) is 17.9. The number of hydrogen-bond acceptors (Lipinski definition) is 6. The van der Waals surface area contributed by atoms with Crippen molar-refractivity contribution in [2.75, 3.05) is 17.3 Å². The second-order valence-electron chi connectivity index (χ2n) is 7.23. The topological polar surface area (TPSA) is 89.3 Å². The van der Waals surface area contributed by atoms with Crippen molar-refractivity contribution < 1.29 is 14.3 Å². The molecule has 0 radical (unpaired) electrons. The predicted octanol–water partition coefficient (Wildman–Crippen LogP) is 3.65. The van der Waals surface area contributed by atoms with Gasteiger partial charge in [-0.3, -0.25) is 9.59 Å². The van der Waals surface area contributed by atoms with Gasteiger partial charge >= 0.3 is 0 Å². The van der Waals surface area contributed by atoms with E-state index in [1.807, 2.05) is 54.6 Å². The van der Waals surface area contributed by atoms with Crippen LogP contribution in [0.2, 0.25) is 5.02 Å². The van der Waals surface area contributed by atoms with Crippen LogP contribution in [0.3, 0.4) is 0 Å². The van der Waals surface area contributed by atoms with E-state index in [1.54, 1.807) is 11.8 Å². The first kappa shape index (κ1) is 19.3. The molecule has 2 amide bonds. The molecule has 0 spiro atoms. The van der Waals surface area contributed by atoms with Gasteiger partial charge in [-0.1, -0.05) is 35.9 Å². The summed E-state index contributed by atoms with van der Waals surface area (Å²) in [5, 5.41) is 8.41. The third-order valence-electron chi connectivity index (χ3n) is 5.32. The monoisotopic (exact) mass is 435 g/mol. The van der Waals surface area contributed by atoms with E-state index >= 15 is 0 Å². The summed E-state index contributed by atoms with van der Waals surface area (Å²) in [7, 11) is 1.62. The third-order valence-corrected chi connectivity index (χ3v) is 5.57. The third kappa shape index (κ3) is 3.44. The summed E-state index contributed by atoms with van der Waals surface area (Å²) in [4.78, 5) is 29.9. The van der Waals surface area contributed by atoms with E-state index in [9.17, 15) is 9.59 Å². The number of nitrogens with zero attached hydrogens (tertiary/aromatic N) is 4. The lowest BCUT2D eigenvalue weighted by Crippen LogP contribution is -2.29. The van der Waals surface area contributed by atoms with Crippen molar-refractivity contribution in [1.29, 1.82) is 0 Å². The maximum Gasteiger partial charge on any atom is 0.260 e. The summed E-state index contributed by atoms with van der Waals surface area (Å²) >= 11 is 6.04. The molecule has 1 aromatic heterocycles. The minimum Gasteiger partial charge on any atom is -0.497 e. The van der Waals surface area contributed by atoms with Crippen LogP contribution in [-0.2, 0) is 9.59 Å². The second-order valence-corrected chi connectivity index (χ2v) is 7.67. The Bertz CT molecular complexity index is 1180. The number of carbonyl (C=O) groups excluding carboxylic acids is 2. The van der Waals surface area contributed by atoms with Crippen LogP contribution in [0.15, 0.2) is 54.6 Å². The van der Waals surface area contributed by atoms with Gasteiger partial charge in [0.2, 0.25) is 17.8 Å². The summed E-state index contributed by atoms with van der Waals surface area (Å²) in [5.74, 6) is 0.682. The predicted molar refractivity (Wildman–Crippen MR) is 116 cm³/mol. The van der Waals surface area contributed by atoms with Crippen LogP contribution in [0.5, 0.6) is 5.75 Å². The zero-order chi connectivity index (χ0) is 21.5. The van der Waals surface area contributed by atoms with Crippen LogP contribution < -0.4 is 15.0 Å². The number of carbonyl (C=O) groups is 2. The molecule has 1 atom stereocenters. The number of anilines is 2. The quantitative estimate of drug-likeness (QED) is 0.629. The van der Waals surface area contributed by atoms with Gasteiger partial charge in [0.1, 0.15) is 11.8 Å². The van der Waals surface area contributed by atoms with Crippen LogP contribution in [0, 0.1) is 0 Å². The van der Waals surface area contributed by atoms with Crippen LogP contribution in [0.4, 0.5) is 11.9 Å². The number of aromatic nitrogens is 3. The van der Waals surface area contributed by atoms with E-state index in [1.165, 1.54) is 0 Å². The van der Waals surface area contributed by atoms with E-state index in [4.69, 9.17) is 16.3 Å². The minimum absolute atomic E-state index is 0.0827. The average molecular weight is 436 g/mol. The Kier molecular flexibility index (Phi) is 4.71. The molecular weight excluding hydrogens is 418 g/mol. The summed E-state index contributed by atoms with van der Waals surface area (Å²) in [6, 6.07) is 14.8. The molecule has 9 heteroatoms. The van der Waals surface area contributed by atoms with Gasteiger partial charge in [-0.25, -0.2) is 9.58 Å². The van der Waals surface area contributed by atoms with Crippen LogP contribution in [-0.4, -0.2) is 33.7 Å². The Morgan fingerprint density at radius 2 is 1.71 bits per heavy atom. The first-order valence-corrected chi connectivity index (χ1v) is 10.1. The molecule has 31 heavy (non-hydrogen) atoms. The number of methoxy groups -OCH3 is 1. The molecule has 1 saturated heterocycles. The molecule has 156 valence electrons. The molecule has 0 saturated carbocycles. The summed E-state index contributed by atoms with van der Waals surface area (Å²) in [6.45, 7) is 0. The first-order valence-electron chi connectivity index (χ1n) is 9.74. The van der Waals surface area contributed by atoms with Gasteiger partial charge in [-0.15, -0.1) is 5.10 Å². The molecule has 5 rings (SSSR count). The lowest BCUT2D eigenvalue weighted by atomic mass is 10.0. The molecule has 1 fully saturated rings. The largest absolute Gasteiger partial charge is 0.497 e. The summed E-state index contributed by atoms with van der Waals surface area (Å²) in [5.41, 5.74) is 2.69. The lowest BCUT2D eigenvalue weighted by molar-refractivity contribution is -0.121. The number of ether oxygens (including phenoxy) is 1. The highest BCUT2D eigenvalue weighted by molar-refractivity contribution is 6.30. The van der Waals surface area contributed by atoms with Crippen molar-refractivity contribution in [3.8, 4) is 5.75 Å². The first-order chi connectivity index (χ1) is 15.0. The highest BCUT2D eigenvalue weighted by atomic mass is 35.5. The molecule has 2 aliphatic rings. The Labute approximate surface area is 183 Å². The smallest absolute Gasteiger partial charge is 0.260 e. The molecule has 2 aromatic carbocycles. The number of imide groups is 1. The zero-order valence-electron chi connectivity index (χ0n) is 16.6. The minimum atomic E-state index is -0.304. The molecular formula is C22H18ClN5O3. The van der Waals surface area contributed by atoms with E-state index < -0.39 is 0 Å². The molecule has 2 aliphatic heterocycles. The molecule has 0 aliphatic carbocycles. The molecule has 3 heterocycles. The number of rotatable bonds is 4. The van der Waals surface area contributed by atoms with Crippen LogP contribution >= 0.6 is 11.6 Å². The number of nitrogens with one attached hydrogen (secondary N) is 1. The van der Waals surface area contributed by atoms with Crippen molar-refractivity contribution >= 4 is 41.0 Å². The fourth-order valence-corrected chi connectivity index (χ4v) is 3.84. The Morgan fingerprint density at radius 1 is 1.03 bits per heavy atom. The van der Waals surface area contributed by atoms with Gasteiger partial charge in [0.05, 0.1) is 7.11 Å². The fraction of sp³-hybridized carbons (Fsp3) is 0.182. The number of amides is 2. The van der Waals surface area contributed by atoms with Gasteiger partial charge < -0.3 is 10.1 Å². The fourth-order valence-electron chi connectivity index (χ4n) is 3.71. The van der Waals surface area contributed by atoms with Gasteiger partial charge in [0, 0.05) is 23.6 Å². The highest BCUT2D eigenvalue weighted by Gasteiger charge is 2.35. The molecule has 3 aromatic rings. The Morgan fingerprint density at radius 3 is 2.35 bits per heavy atom. The van der Waals surface area contributed by atoms with Crippen molar-refractivity contribution in [3.63, 3.8) is 0 Å². The van der Waals surface area contributed by atoms with Crippen molar-refractivity contribution in [2.24, 2.45) is 0 Å². The molecule has 1 N–H and O–H groups in total. The highest BCUT2D eigenvalue weighted by Crippen LogP contribution is 2.35. The average Bonchev–Trinajstić information content (AvgIpc) is 3.35. The van der Waals surface area contributed by atoms with E-state index in [0.717, 1.165) is 27.5 Å². The molecule has 0 unspecified atom stereocenters. The maximum absolute atomic E-state index is 12.2. The number of fused-ring (bicyclic) bond motifs is 1. The molecule has 0 bridgehead atoms. The Hall–Kier alpha value is -3.65. The number of halogens is 1. The molecule has 8 nitrogen and oxygen atoms in total. The van der Waals surface area contributed by atoms with E-state index in [-0.39, 0.29) is 36.6 Å². The summed E-state index contributed by atoms with van der Waals surface area (Å²) in [6.07, 6.45) is 2.36. The van der Waals surface area contributed by atoms with Crippen molar-refractivity contribution in [1.82, 2.24) is 14.8 Å². The van der Waals surface area contributed by atoms with E-state index in [0.29, 0.717) is 11.0 Å². The SMILES string of the molecule is COc1ccc([C@@H]2C=C(c3ccc(Cl)cc3)Nc3nc(N4C(=O)CCC4=O)nn32)cc1. The van der Waals surface area contributed by atoms with Gasteiger partial charge in [-0.2, -0.15) is 4.98 Å². The number of hydrogen-bond donors (Lipinski definition) is 1. The van der Waals surface area contributed by atoms with Crippen molar-refractivity contribution in [2.45, 2.75) is 18.9 Å². The van der Waals surface area contributed by atoms with Crippen LogP contribution in [0.1, 0.15) is 30.0 Å². The van der Waals surface area contributed by atoms with Gasteiger partial charge in [0.25, 0.3) is 5.95 Å². The van der Waals surface area contributed by atoms with Crippen LogP contribution in [0.25, 0.3) is 5.70 Å². The van der Waals surface area contributed by atoms with Gasteiger partial charge in [0.15, 0.2) is 0 Å². The standard InChI is InChI=1S/C22H18ClN5O3/c1-31-16-8-4-14(5-9-16)18-12-17(13-2-6-15(23)7-3-13)24-21-25-22(26-28(18)21)27-19(29)10-11-20(27)30/h2-9,12,18H,10-11H2,1H3,(H,24,25,26)/t18-/m0/s1. The number of benzene rings is 2. The summed E-state index contributed by atoms with van der Waals surface area (Å²) < 4.78 is 6.94.